The minimum absolute atomic E-state index is 0.105. The van der Waals surface area contributed by atoms with E-state index in [1.807, 2.05) is 0 Å². The van der Waals surface area contributed by atoms with Gasteiger partial charge >= 0.3 is 0 Å². The van der Waals surface area contributed by atoms with Crippen LogP contribution in [-0.4, -0.2) is 16.3 Å². The van der Waals surface area contributed by atoms with Crippen LogP contribution in [-0.2, 0) is 6.54 Å². The lowest BCUT2D eigenvalue weighted by Crippen LogP contribution is -2.18. The summed E-state index contributed by atoms with van der Waals surface area (Å²) in [6.45, 7) is 4.87. The molecule has 0 aliphatic carbocycles. The number of carbonyl (C=O) groups is 2. The number of hydrogen-bond donors (Lipinski definition) is 1. The van der Waals surface area contributed by atoms with Gasteiger partial charge in [-0.1, -0.05) is 5.92 Å². The average molecular weight is 330 g/mol. The predicted molar refractivity (Wildman–Crippen MR) is 87.1 cm³/mol. The molecule has 1 aromatic heterocycles. The smallest absolute Gasteiger partial charge is 0.272 e. The molecule has 0 spiro atoms. The number of benzene rings is 1. The first-order valence-electron chi connectivity index (χ1n) is 7.18. The molecule has 0 saturated carbocycles. The van der Waals surface area contributed by atoms with Crippen molar-refractivity contribution in [2.45, 2.75) is 27.3 Å². The molecule has 24 heavy (non-hydrogen) atoms. The zero-order chi connectivity index (χ0) is 18.0. The predicted octanol–water partition coefficient (Wildman–Crippen LogP) is 3.47. The van der Waals surface area contributed by atoms with Gasteiger partial charge in [0.05, 0.1) is 6.54 Å². The molecule has 0 bridgehead atoms. The van der Waals surface area contributed by atoms with E-state index in [1.54, 1.807) is 18.4 Å². The standard InChI is InChI=1S/C18H16F2N2O2/c1-5-8-22-11(3)16(12(4)23)10(2)17(22)18(24)21-13-6-7-14(19)15(20)9-13/h1,6-7,9H,8H2,2-4H3,(H,21,24). The van der Waals surface area contributed by atoms with Gasteiger partial charge in [-0.15, -0.1) is 6.42 Å². The van der Waals surface area contributed by atoms with Gasteiger partial charge in [0.15, 0.2) is 17.4 Å². The number of Topliss-reactive ketones (excluding diaryl/α,β-unsaturated/α-hetero) is 1. The van der Waals surface area contributed by atoms with Crippen LogP contribution in [0.2, 0.25) is 0 Å². The van der Waals surface area contributed by atoms with Gasteiger partial charge in [-0.2, -0.15) is 0 Å². The Balaban J connectivity index is 2.48. The molecule has 1 aromatic carbocycles. The largest absolute Gasteiger partial charge is 0.328 e. The van der Waals surface area contributed by atoms with E-state index in [-0.39, 0.29) is 23.7 Å². The quantitative estimate of drug-likeness (QED) is 0.689. The summed E-state index contributed by atoms with van der Waals surface area (Å²) in [5.74, 6) is -0.358. The second-order valence-corrected chi connectivity index (χ2v) is 5.36. The van der Waals surface area contributed by atoms with Crippen molar-refractivity contribution in [2.24, 2.45) is 0 Å². The summed E-state index contributed by atoms with van der Waals surface area (Å²) in [7, 11) is 0. The van der Waals surface area contributed by atoms with Gasteiger partial charge in [-0.25, -0.2) is 8.78 Å². The summed E-state index contributed by atoms with van der Waals surface area (Å²) in [4.78, 5) is 24.4. The highest BCUT2D eigenvalue weighted by molar-refractivity contribution is 6.08. The van der Waals surface area contributed by atoms with Gasteiger partial charge in [0.25, 0.3) is 5.91 Å². The first-order valence-corrected chi connectivity index (χ1v) is 7.18. The summed E-state index contributed by atoms with van der Waals surface area (Å²) >= 11 is 0. The van der Waals surface area contributed by atoms with Crippen molar-refractivity contribution >= 4 is 17.4 Å². The number of ketones is 1. The molecule has 0 aliphatic rings. The van der Waals surface area contributed by atoms with Crippen LogP contribution in [0.25, 0.3) is 0 Å². The molecule has 2 rings (SSSR count). The number of nitrogens with one attached hydrogen (secondary N) is 1. The van der Waals surface area contributed by atoms with E-state index in [9.17, 15) is 18.4 Å². The third kappa shape index (κ3) is 3.06. The van der Waals surface area contributed by atoms with E-state index in [2.05, 4.69) is 11.2 Å². The third-order valence-corrected chi connectivity index (χ3v) is 3.76. The Morgan fingerprint density at radius 3 is 2.46 bits per heavy atom. The van der Waals surface area contributed by atoms with Gasteiger partial charge in [-0.05, 0) is 38.5 Å². The first-order chi connectivity index (χ1) is 11.3. The normalized spacial score (nSPS) is 10.3. The van der Waals surface area contributed by atoms with Crippen LogP contribution in [0.5, 0.6) is 0 Å². The van der Waals surface area contributed by atoms with Crippen molar-refractivity contribution in [3.05, 3.63) is 52.3 Å². The van der Waals surface area contributed by atoms with Crippen LogP contribution in [0.15, 0.2) is 18.2 Å². The zero-order valence-electron chi connectivity index (χ0n) is 13.5. The SMILES string of the molecule is C#CCn1c(C)c(C(C)=O)c(C)c1C(=O)Nc1ccc(F)c(F)c1. The maximum Gasteiger partial charge on any atom is 0.272 e. The molecule has 1 N–H and O–H groups in total. The molecular weight excluding hydrogens is 314 g/mol. The fourth-order valence-electron chi connectivity index (χ4n) is 2.76. The maximum atomic E-state index is 13.3. The number of aromatic nitrogens is 1. The minimum Gasteiger partial charge on any atom is -0.328 e. The number of hydrogen-bond acceptors (Lipinski definition) is 2. The van der Waals surface area contributed by atoms with Crippen molar-refractivity contribution in [2.75, 3.05) is 5.32 Å². The second-order valence-electron chi connectivity index (χ2n) is 5.36. The fourth-order valence-corrected chi connectivity index (χ4v) is 2.76. The van der Waals surface area contributed by atoms with Gasteiger partial charge in [-0.3, -0.25) is 9.59 Å². The topological polar surface area (TPSA) is 51.1 Å². The van der Waals surface area contributed by atoms with Crippen LogP contribution in [0.3, 0.4) is 0 Å². The zero-order valence-corrected chi connectivity index (χ0v) is 13.5. The van der Waals surface area contributed by atoms with Crippen molar-refractivity contribution in [3.8, 4) is 12.3 Å². The molecule has 4 nitrogen and oxygen atoms in total. The van der Waals surface area contributed by atoms with E-state index in [4.69, 9.17) is 6.42 Å². The van der Waals surface area contributed by atoms with Crippen LogP contribution in [0.4, 0.5) is 14.5 Å². The van der Waals surface area contributed by atoms with Crippen LogP contribution in [0.1, 0.15) is 39.0 Å². The summed E-state index contributed by atoms with van der Waals surface area (Å²) in [6, 6.07) is 3.05. The van der Waals surface area contributed by atoms with Gasteiger partial charge in [0, 0.05) is 23.0 Å². The number of amides is 1. The summed E-state index contributed by atoms with van der Waals surface area (Å²) in [5, 5.41) is 2.50. The van der Waals surface area contributed by atoms with E-state index in [0.717, 1.165) is 12.1 Å². The van der Waals surface area contributed by atoms with E-state index >= 15 is 0 Å². The molecule has 124 valence electrons. The summed E-state index contributed by atoms with van der Waals surface area (Å²) in [5.41, 5.74) is 1.85. The number of halogens is 2. The third-order valence-electron chi connectivity index (χ3n) is 3.76. The first kappa shape index (κ1) is 17.4. The highest BCUT2D eigenvalue weighted by atomic mass is 19.2. The van der Waals surface area contributed by atoms with Gasteiger partial charge in [0.1, 0.15) is 5.69 Å². The van der Waals surface area contributed by atoms with Crippen LogP contribution >= 0.6 is 0 Å². The Morgan fingerprint density at radius 1 is 1.25 bits per heavy atom. The molecule has 0 saturated heterocycles. The fraction of sp³-hybridized carbons (Fsp3) is 0.222. The lowest BCUT2D eigenvalue weighted by Gasteiger charge is -2.10. The minimum atomic E-state index is -1.07. The van der Waals surface area contributed by atoms with E-state index in [0.29, 0.717) is 16.8 Å². The molecule has 0 fully saturated rings. The van der Waals surface area contributed by atoms with Gasteiger partial charge in [0.2, 0.25) is 0 Å². The molecule has 0 unspecified atom stereocenters. The maximum absolute atomic E-state index is 13.3. The molecule has 1 amide bonds. The number of nitrogens with zero attached hydrogens (tertiary/aromatic N) is 1. The van der Waals surface area contributed by atoms with Crippen LogP contribution < -0.4 is 5.32 Å². The molecule has 0 radical (unpaired) electrons. The molecule has 6 heteroatoms. The molecular formula is C18H16F2N2O2. The Labute approximate surface area is 138 Å². The number of rotatable bonds is 4. The Morgan fingerprint density at radius 2 is 1.92 bits per heavy atom. The molecule has 1 heterocycles. The highest BCUT2D eigenvalue weighted by Crippen LogP contribution is 2.24. The van der Waals surface area contributed by atoms with Crippen LogP contribution in [0, 0.1) is 37.8 Å². The second kappa shape index (κ2) is 6.67. The van der Waals surface area contributed by atoms with E-state index < -0.39 is 17.5 Å². The molecule has 0 atom stereocenters. The Kier molecular flexibility index (Phi) is 4.84. The summed E-state index contributed by atoms with van der Waals surface area (Å²) in [6.07, 6.45) is 5.34. The van der Waals surface area contributed by atoms with E-state index in [1.165, 1.54) is 13.0 Å². The van der Waals surface area contributed by atoms with Crippen molar-refractivity contribution in [1.29, 1.82) is 0 Å². The monoisotopic (exact) mass is 330 g/mol. The number of terminal acetylenes is 1. The highest BCUT2D eigenvalue weighted by Gasteiger charge is 2.24. The number of carbonyl (C=O) groups excluding carboxylic acids is 2. The van der Waals surface area contributed by atoms with Crippen molar-refractivity contribution in [1.82, 2.24) is 4.57 Å². The van der Waals surface area contributed by atoms with Crippen molar-refractivity contribution in [3.63, 3.8) is 0 Å². The number of anilines is 1. The average Bonchev–Trinajstić information content (AvgIpc) is 2.74. The molecule has 0 aliphatic heterocycles. The van der Waals surface area contributed by atoms with Crippen molar-refractivity contribution < 1.29 is 18.4 Å². The Bertz CT molecular complexity index is 876. The van der Waals surface area contributed by atoms with Gasteiger partial charge < -0.3 is 9.88 Å². The lowest BCUT2D eigenvalue weighted by atomic mass is 10.1. The molecule has 2 aromatic rings. The lowest BCUT2D eigenvalue weighted by molar-refractivity contribution is 0.101. The Hall–Kier alpha value is -2.94. The summed E-state index contributed by atoms with van der Waals surface area (Å²) < 4.78 is 27.8.